The van der Waals surface area contributed by atoms with Crippen LogP contribution in [0.5, 0.6) is 0 Å². The zero-order chi connectivity index (χ0) is 18.7. The number of fused-ring (bicyclic) bond motifs is 1. The smallest absolute Gasteiger partial charge is 0.267 e. The minimum Gasteiger partial charge on any atom is -0.267 e. The molecule has 1 aromatic heterocycles. The van der Waals surface area contributed by atoms with E-state index >= 15 is 0 Å². The third kappa shape index (κ3) is 3.75. The van der Waals surface area contributed by atoms with Crippen LogP contribution >= 0.6 is 11.6 Å². The fourth-order valence-corrected chi connectivity index (χ4v) is 2.70. The van der Waals surface area contributed by atoms with Crippen LogP contribution in [-0.4, -0.2) is 16.6 Å². The van der Waals surface area contributed by atoms with Crippen LogP contribution < -0.4 is 5.43 Å². The van der Waals surface area contributed by atoms with E-state index in [1.54, 1.807) is 12.1 Å². The summed E-state index contributed by atoms with van der Waals surface area (Å²) < 4.78 is 0. The second-order valence-corrected chi connectivity index (χ2v) is 6.81. The molecule has 0 unspecified atom stereocenters. The Hall–Kier alpha value is -2.72. The number of carbonyl (C=O) groups excluding carboxylic acids is 1. The van der Waals surface area contributed by atoms with Gasteiger partial charge in [0, 0.05) is 16.7 Å². The number of hydrogen-bond acceptors (Lipinski definition) is 3. The summed E-state index contributed by atoms with van der Waals surface area (Å²) in [5.74, 6) is -0.0179. The first-order valence-corrected chi connectivity index (χ1v) is 8.84. The van der Waals surface area contributed by atoms with Gasteiger partial charge in [-0.25, -0.2) is 10.4 Å². The summed E-state index contributed by atoms with van der Waals surface area (Å²) in [4.78, 5) is 17.5. The summed E-state index contributed by atoms with van der Waals surface area (Å²) in [7, 11) is 0. The first-order valence-electron chi connectivity index (χ1n) is 8.46. The van der Waals surface area contributed by atoms with Crippen LogP contribution in [0.1, 0.15) is 31.1 Å². The molecule has 0 aliphatic heterocycles. The van der Waals surface area contributed by atoms with Gasteiger partial charge in [-0.3, -0.25) is 4.79 Å². The van der Waals surface area contributed by atoms with E-state index in [1.807, 2.05) is 63.2 Å². The Morgan fingerprint density at radius 2 is 1.85 bits per heavy atom. The number of para-hydroxylation sites is 1. The minimum absolute atomic E-state index is 0.263. The lowest BCUT2D eigenvalue weighted by Gasteiger charge is -2.11. The molecule has 26 heavy (non-hydrogen) atoms. The molecule has 0 aliphatic carbocycles. The van der Waals surface area contributed by atoms with Crippen LogP contribution in [-0.2, 0) is 0 Å². The predicted octanol–water partition coefficient (Wildman–Crippen LogP) is 5.32. The Labute approximate surface area is 157 Å². The van der Waals surface area contributed by atoms with Crippen LogP contribution in [0.15, 0.2) is 59.7 Å². The largest absolute Gasteiger partial charge is 0.272 e. The van der Waals surface area contributed by atoms with E-state index in [0.717, 1.165) is 11.3 Å². The molecule has 0 saturated heterocycles. The average molecular weight is 366 g/mol. The highest BCUT2D eigenvalue weighted by atomic mass is 35.5. The number of rotatable bonds is 4. The molecular weight excluding hydrogens is 346 g/mol. The van der Waals surface area contributed by atoms with Crippen molar-refractivity contribution in [2.45, 2.75) is 20.8 Å². The number of carbonyl (C=O) groups is 1. The molecular formula is C21H20ClN3O. The van der Waals surface area contributed by atoms with Crippen LogP contribution in [0.25, 0.3) is 22.2 Å². The fourth-order valence-electron chi connectivity index (χ4n) is 2.49. The quantitative estimate of drug-likeness (QED) is 0.502. The molecule has 3 aromatic rings. The van der Waals surface area contributed by atoms with Crippen molar-refractivity contribution in [1.82, 2.24) is 10.4 Å². The van der Waals surface area contributed by atoms with Crippen LogP contribution in [0.4, 0.5) is 0 Å². The number of hydrogen-bond donors (Lipinski definition) is 1. The van der Waals surface area contributed by atoms with Gasteiger partial charge in [0.1, 0.15) is 0 Å². The second-order valence-electron chi connectivity index (χ2n) is 6.41. The molecule has 0 fully saturated rings. The maximum atomic E-state index is 12.8. The zero-order valence-corrected chi connectivity index (χ0v) is 15.7. The van der Waals surface area contributed by atoms with E-state index in [9.17, 15) is 4.79 Å². The van der Waals surface area contributed by atoms with E-state index in [-0.39, 0.29) is 11.8 Å². The third-order valence-electron chi connectivity index (χ3n) is 4.27. The molecule has 132 valence electrons. The molecule has 2 aromatic carbocycles. The highest BCUT2D eigenvalue weighted by molar-refractivity contribution is 6.35. The Morgan fingerprint density at radius 1 is 1.12 bits per heavy atom. The number of halogens is 1. The van der Waals surface area contributed by atoms with Crippen molar-refractivity contribution in [2.75, 3.05) is 0 Å². The van der Waals surface area contributed by atoms with Gasteiger partial charge >= 0.3 is 0 Å². The number of nitrogens with one attached hydrogen (secondary N) is 1. The maximum absolute atomic E-state index is 12.8. The molecule has 0 saturated carbocycles. The van der Waals surface area contributed by atoms with Gasteiger partial charge in [0.25, 0.3) is 5.91 Å². The summed E-state index contributed by atoms with van der Waals surface area (Å²) >= 11 is 6.34. The monoisotopic (exact) mass is 365 g/mol. The van der Waals surface area contributed by atoms with Crippen LogP contribution in [0.2, 0.25) is 5.02 Å². The molecule has 3 rings (SSSR count). The molecule has 0 radical (unpaired) electrons. The molecule has 0 spiro atoms. The molecule has 5 heteroatoms. The number of pyridine rings is 1. The van der Waals surface area contributed by atoms with Crippen molar-refractivity contribution in [1.29, 1.82) is 0 Å². The minimum atomic E-state index is -0.281. The predicted molar refractivity (Wildman–Crippen MR) is 108 cm³/mol. The topological polar surface area (TPSA) is 54.4 Å². The Kier molecular flexibility index (Phi) is 5.33. The lowest BCUT2D eigenvalue weighted by Crippen LogP contribution is -2.21. The standard InChI is InChI=1S/C21H20ClN3O/c1-13(2)14(3)24-25-21(26)17-12-19(15-8-5-4-6-9-15)23-20-16(17)10-7-11-18(20)22/h4-13H,1-3H3,(H,25,26). The second kappa shape index (κ2) is 7.67. The van der Waals surface area contributed by atoms with Crippen LogP contribution in [0, 0.1) is 5.92 Å². The van der Waals surface area contributed by atoms with Crippen LogP contribution in [0.3, 0.4) is 0 Å². The van der Waals surface area contributed by atoms with E-state index < -0.39 is 0 Å². The van der Waals surface area contributed by atoms with E-state index in [4.69, 9.17) is 11.6 Å². The van der Waals surface area contributed by atoms with Crippen molar-refractivity contribution in [2.24, 2.45) is 11.0 Å². The van der Waals surface area contributed by atoms with Gasteiger partial charge in [-0.05, 0) is 25.0 Å². The van der Waals surface area contributed by atoms with Crippen molar-refractivity contribution in [3.05, 3.63) is 65.2 Å². The molecule has 0 aliphatic rings. The van der Waals surface area contributed by atoms with Gasteiger partial charge in [0.15, 0.2) is 0 Å². The number of aromatic nitrogens is 1. The average Bonchev–Trinajstić information content (AvgIpc) is 2.66. The Balaban J connectivity index is 2.13. The number of benzene rings is 2. The van der Waals surface area contributed by atoms with Gasteiger partial charge in [0.2, 0.25) is 0 Å². The van der Waals surface area contributed by atoms with Gasteiger partial charge in [-0.15, -0.1) is 0 Å². The molecule has 0 atom stereocenters. The fraction of sp³-hybridized carbons (Fsp3) is 0.190. The summed E-state index contributed by atoms with van der Waals surface area (Å²) in [6.45, 7) is 5.95. The van der Waals surface area contributed by atoms with E-state index in [1.165, 1.54) is 0 Å². The van der Waals surface area contributed by atoms with E-state index in [2.05, 4.69) is 15.5 Å². The Bertz CT molecular complexity index is 981. The van der Waals surface area contributed by atoms with Gasteiger partial charge in [-0.2, -0.15) is 5.10 Å². The molecule has 1 amide bonds. The first-order chi connectivity index (χ1) is 12.5. The summed E-state index contributed by atoms with van der Waals surface area (Å²) in [5, 5.41) is 5.41. The van der Waals surface area contributed by atoms with Gasteiger partial charge < -0.3 is 0 Å². The first kappa shape index (κ1) is 18.1. The van der Waals surface area contributed by atoms with Crippen molar-refractivity contribution >= 4 is 34.1 Å². The highest BCUT2D eigenvalue weighted by Crippen LogP contribution is 2.29. The lowest BCUT2D eigenvalue weighted by molar-refractivity contribution is 0.0956. The van der Waals surface area contributed by atoms with Crippen molar-refractivity contribution < 1.29 is 4.79 Å². The number of amides is 1. The molecule has 1 heterocycles. The number of nitrogens with zero attached hydrogens (tertiary/aromatic N) is 2. The summed E-state index contributed by atoms with van der Waals surface area (Å²) in [6.07, 6.45) is 0. The van der Waals surface area contributed by atoms with Gasteiger partial charge in [-0.1, -0.05) is 67.9 Å². The normalized spacial score (nSPS) is 11.8. The van der Waals surface area contributed by atoms with Crippen molar-refractivity contribution in [3.8, 4) is 11.3 Å². The SMILES string of the molecule is CC(=NNC(=O)c1cc(-c2ccccc2)nc2c(Cl)cccc12)C(C)C. The highest BCUT2D eigenvalue weighted by Gasteiger charge is 2.15. The third-order valence-corrected chi connectivity index (χ3v) is 4.58. The Morgan fingerprint density at radius 3 is 2.54 bits per heavy atom. The number of hydrazone groups is 1. The lowest BCUT2D eigenvalue weighted by atomic mass is 10.0. The summed E-state index contributed by atoms with van der Waals surface area (Å²) in [6, 6.07) is 16.9. The summed E-state index contributed by atoms with van der Waals surface area (Å²) in [5.41, 5.74) is 6.22. The maximum Gasteiger partial charge on any atom is 0.272 e. The zero-order valence-electron chi connectivity index (χ0n) is 15.0. The van der Waals surface area contributed by atoms with Crippen molar-refractivity contribution in [3.63, 3.8) is 0 Å². The molecule has 0 bridgehead atoms. The van der Waals surface area contributed by atoms with Gasteiger partial charge in [0.05, 0.1) is 21.8 Å². The van der Waals surface area contributed by atoms with E-state index in [0.29, 0.717) is 27.2 Å². The molecule has 1 N–H and O–H groups in total. The molecule has 4 nitrogen and oxygen atoms in total.